The number of halogens is 1. The van der Waals surface area contributed by atoms with Gasteiger partial charge in [0, 0.05) is 11.4 Å². The Balaban J connectivity index is 2.40. The Hall–Kier alpha value is -0.820. The SMILES string of the molecule is CCC1(c2ccc(Cl)cc2)CCCCC1=O. The molecule has 1 aromatic rings. The summed E-state index contributed by atoms with van der Waals surface area (Å²) in [6.07, 6.45) is 4.82. The minimum atomic E-state index is -0.233. The smallest absolute Gasteiger partial charge is 0.143 e. The predicted molar refractivity (Wildman–Crippen MR) is 66.9 cm³/mol. The molecule has 1 atom stereocenters. The van der Waals surface area contributed by atoms with Crippen LogP contribution < -0.4 is 0 Å². The van der Waals surface area contributed by atoms with Crippen LogP contribution >= 0.6 is 11.6 Å². The number of rotatable bonds is 2. The quantitative estimate of drug-likeness (QED) is 0.755. The van der Waals surface area contributed by atoms with E-state index in [0.717, 1.165) is 42.7 Å². The molecule has 0 heterocycles. The molecule has 0 aliphatic heterocycles. The summed E-state index contributed by atoms with van der Waals surface area (Å²) in [6, 6.07) is 7.79. The molecular formula is C14H17ClO. The molecule has 0 bridgehead atoms. The molecule has 1 aliphatic carbocycles. The van der Waals surface area contributed by atoms with Crippen LogP contribution in [0, 0.1) is 0 Å². The van der Waals surface area contributed by atoms with Crippen LogP contribution in [0.15, 0.2) is 24.3 Å². The number of benzene rings is 1. The largest absolute Gasteiger partial charge is 0.299 e. The van der Waals surface area contributed by atoms with E-state index in [-0.39, 0.29) is 5.41 Å². The number of ketones is 1. The summed E-state index contributed by atoms with van der Waals surface area (Å²) >= 11 is 5.89. The first-order valence-corrected chi connectivity index (χ1v) is 6.36. The summed E-state index contributed by atoms with van der Waals surface area (Å²) in [5.41, 5.74) is 0.909. The summed E-state index contributed by atoms with van der Waals surface area (Å²) in [4.78, 5) is 12.2. The van der Waals surface area contributed by atoms with Crippen LogP contribution in [-0.4, -0.2) is 5.78 Å². The fraction of sp³-hybridized carbons (Fsp3) is 0.500. The molecule has 0 spiro atoms. The molecule has 1 aliphatic rings. The van der Waals surface area contributed by atoms with E-state index in [1.165, 1.54) is 0 Å². The second-order valence-electron chi connectivity index (χ2n) is 4.57. The maximum atomic E-state index is 12.2. The highest BCUT2D eigenvalue weighted by Gasteiger charge is 2.39. The summed E-state index contributed by atoms with van der Waals surface area (Å²) in [6.45, 7) is 2.11. The third-order valence-corrected chi connectivity index (χ3v) is 4.04. The molecule has 0 amide bonds. The Morgan fingerprint density at radius 1 is 1.25 bits per heavy atom. The van der Waals surface area contributed by atoms with Gasteiger partial charge in [0.1, 0.15) is 5.78 Å². The fourth-order valence-corrected chi connectivity index (χ4v) is 2.87. The second-order valence-corrected chi connectivity index (χ2v) is 5.01. The molecule has 1 nitrogen and oxygen atoms in total. The first-order chi connectivity index (χ1) is 7.69. The second kappa shape index (κ2) is 4.58. The maximum absolute atomic E-state index is 12.2. The summed E-state index contributed by atoms with van der Waals surface area (Å²) < 4.78 is 0. The zero-order chi connectivity index (χ0) is 11.6. The van der Waals surface area contributed by atoms with Crippen LogP contribution in [0.1, 0.15) is 44.6 Å². The van der Waals surface area contributed by atoms with Gasteiger partial charge in [0.15, 0.2) is 0 Å². The summed E-state index contributed by atoms with van der Waals surface area (Å²) in [5.74, 6) is 0.406. The number of carbonyl (C=O) groups excluding carboxylic acids is 1. The minimum absolute atomic E-state index is 0.233. The average molecular weight is 237 g/mol. The van der Waals surface area contributed by atoms with Crippen LogP contribution in [-0.2, 0) is 10.2 Å². The lowest BCUT2D eigenvalue weighted by atomic mass is 9.67. The van der Waals surface area contributed by atoms with Crippen molar-refractivity contribution in [1.82, 2.24) is 0 Å². The average Bonchev–Trinajstić information content (AvgIpc) is 2.31. The lowest BCUT2D eigenvalue weighted by Gasteiger charge is -2.35. The van der Waals surface area contributed by atoms with E-state index in [1.807, 2.05) is 24.3 Å². The first-order valence-electron chi connectivity index (χ1n) is 5.98. The van der Waals surface area contributed by atoms with Crippen LogP contribution in [0.2, 0.25) is 5.02 Å². The van der Waals surface area contributed by atoms with Crippen molar-refractivity contribution in [3.63, 3.8) is 0 Å². The lowest BCUT2D eigenvalue weighted by molar-refractivity contribution is -0.126. The normalized spacial score (nSPS) is 25.8. The van der Waals surface area contributed by atoms with Crippen LogP contribution in [0.3, 0.4) is 0 Å². The number of hydrogen-bond donors (Lipinski definition) is 0. The molecule has 2 rings (SSSR count). The Morgan fingerprint density at radius 2 is 1.94 bits per heavy atom. The molecule has 0 radical (unpaired) electrons. The molecule has 86 valence electrons. The van der Waals surface area contributed by atoms with E-state index in [1.54, 1.807) is 0 Å². The zero-order valence-electron chi connectivity index (χ0n) is 9.63. The highest BCUT2D eigenvalue weighted by atomic mass is 35.5. The van der Waals surface area contributed by atoms with Crippen molar-refractivity contribution in [3.8, 4) is 0 Å². The summed E-state index contributed by atoms with van der Waals surface area (Å²) in [7, 11) is 0. The molecule has 1 saturated carbocycles. The number of Topliss-reactive ketones (excluding diaryl/α,β-unsaturated/α-hetero) is 1. The van der Waals surface area contributed by atoms with E-state index >= 15 is 0 Å². The van der Waals surface area contributed by atoms with Crippen molar-refractivity contribution in [2.45, 2.75) is 44.4 Å². The molecular weight excluding hydrogens is 220 g/mol. The van der Waals surface area contributed by atoms with Gasteiger partial charge in [-0.2, -0.15) is 0 Å². The van der Waals surface area contributed by atoms with E-state index in [2.05, 4.69) is 6.92 Å². The Labute approximate surface area is 102 Å². The van der Waals surface area contributed by atoms with Gasteiger partial charge in [-0.15, -0.1) is 0 Å². The van der Waals surface area contributed by atoms with Gasteiger partial charge < -0.3 is 0 Å². The topological polar surface area (TPSA) is 17.1 Å². The Kier molecular flexibility index (Phi) is 3.34. The molecule has 1 unspecified atom stereocenters. The van der Waals surface area contributed by atoms with Crippen molar-refractivity contribution < 1.29 is 4.79 Å². The number of hydrogen-bond acceptors (Lipinski definition) is 1. The highest BCUT2D eigenvalue weighted by Crippen LogP contribution is 2.39. The van der Waals surface area contributed by atoms with Gasteiger partial charge in [0.2, 0.25) is 0 Å². The molecule has 1 aromatic carbocycles. The molecule has 0 aromatic heterocycles. The van der Waals surface area contributed by atoms with E-state index in [0.29, 0.717) is 5.78 Å². The highest BCUT2D eigenvalue weighted by molar-refractivity contribution is 6.30. The van der Waals surface area contributed by atoms with E-state index in [9.17, 15) is 4.79 Å². The number of carbonyl (C=O) groups is 1. The fourth-order valence-electron chi connectivity index (χ4n) is 2.74. The standard InChI is InChI=1S/C14H17ClO/c1-2-14(10-4-3-5-13(14)16)11-6-8-12(15)9-7-11/h6-9H,2-5,10H2,1H3. The van der Waals surface area contributed by atoms with Crippen LogP contribution in [0.25, 0.3) is 0 Å². The van der Waals surface area contributed by atoms with Crippen molar-refractivity contribution in [3.05, 3.63) is 34.9 Å². The minimum Gasteiger partial charge on any atom is -0.299 e. The Bertz CT molecular complexity index is 382. The van der Waals surface area contributed by atoms with Gasteiger partial charge in [-0.05, 0) is 37.0 Å². The molecule has 2 heteroatoms. The zero-order valence-corrected chi connectivity index (χ0v) is 10.4. The molecule has 0 N–H and O–H groups in total. The van der Waals surface area contributed by atoms with Crippen molar-refractivity contribution >= 4 is 17.4 Å². The van der Waals surface area contributed by atoms with Gasteiger partial charge in [-0.3, -0.25) is 4.79 Å². The summed E-state index contributed by atoms with van der Waals surface area (Å²) in [5, 5.41) is 0.735. The first kappa shape index (κ1) is 11.7. The maximum Gasteiger partial charge on any atom is 0.143 e. The van der Waals surface area contributed by atoms with Gasteiger partial charge in [0.25, 0.3) is 0 Å². The monoisotopic (exact) mass is 236 g/mol. The predicted octanol–water partition coefficient (Wildman–Crippen LogP) is 4.13. The van der Waals surface area contributed by atoms with Crippen molar-refractivity contribution in [1.29, 1.82) is 0 Å². The van der Waals surface area contributed by atoms with Crippen molar-refractivity contribution in [2.75, 3.05) is 0 Å². The molecule has 0 saturated heterocycles. The molecule has 1 fully saturated rings. The van der Waals surface area contributed by atoms with Crippen molar-refractivity contribution in [2.24, 2.45) is 0 Å². The van der Waals surface area contributed by atoms with Gasteiger partial charge in [-0.25, -0.2) is 0 Å². The van der Waals surface area contributed by atoms with Gasteiger partial charge >= 0.3 is 0 Å². The van der Waals surface area contributed by atoms with Crippen LogP contribution in [0.5, 0.6) is 0 Å². The van der Waals surface area contributed by atoms with Gasteiger partial charge in [0.05, 0.1) is 5.41 Å². The third kappa shape index (κ3) is 1.89. The van der Waals surface area contributed by atoms with E-state index < -0.39 is 0 Å². The van der Waals surface area contributed by atoms with E-state index in [4.69, 9.17) is 11.6 Å². The third-order valence-electron chi connectivity index (χ3n) is 3.79. The molecule has 16 heavy (non-hydrogen) atoms. The van der Waals surface area contributed by atoms with Gasteiger partial charge in [-0.1, -0.05) is 37.1 Å². The lowest BCUT2D eigenvalue weighted by Crippen LogP contribution is -2.37. The Morgan fingerprint density at radius 3 is 2.50 bits per heavy atom. The van der Waals surface area contributed by atoms with Crippen LogP contribution in [0.4, 0.5) is 0 Å².